The molecule has 19 nitrogen and oxygen atoms in total. The predicted molar refractivity (Wildman–Crippen MR) is 318 cm³/mol. The summed E-state index contributed by atoms with van der Waals surface area (Å²) < 4.78 is 34.1. The van der Waals surface area contributed by atoms with E-state index in [0.29, 0.717) is 12.8 Å². The topological polar surface area (TPSA) is 307 Å². The molecule has 3 rings (SSSR count). The maximum Gasteiger partial charge on any atom is 0.220 e. The Morgan fingerprint density at radius 1 is 0.446 bits per heavy atom. The lowest BCUT2D eigenvalue weighted by Crippen LogP contribution is -2.66. The SMILES string of the molecule is CC/C=C\C/C=C\C/C=C\C/C=C\C/C=C\CCCCCCCCCCCCCCCCCC(=O)NC(COC1OC(CO)C(OC2OC(CO)C(OC3OC(CO)C(O)C(O)C3O)C(O)C2O)C(O)C1O)C(O)/C=C/CC/C=C/CCC. The second-order valence-electron chi connectivity index (χ2n) is 22.1. The third-order valence-corrected chi connectivity index (χ3v) is 15.2. The average molecular weight is 1180 g/mol. The summed E-state index contributed by atoms with van der Waals surface area (Å²) >= 11 is 0. The number of aliphatic hydroxyl groups excluding tert-OH is 11. The van der Waals surface area contributed by atoms with E-state index < -0.39 is 124 Å². The molecular weight excluding hydrogens is 1070 g/mol. The molecule has 83 heavy (non-hydrogen) atoms. The van der Waals surface area contributed by atoms with Crippen LogP contribution in [0, 0.1) is 0 Å². The molecule has 17 unspecified atom stereocenters. The molecule has 1 amide bonds. The maximum atomic E-state index is 13.3. The van der Waals surface area contributed by atoms with Crippen molar-refractivity contribution in [1.82, 2.24) is 5.32 Å². The van der Waals surface area contributed by atoms with Crippen LogP contribution in [-0.2, 0) is 33.2 Å². The Labute approximate surface area is 495 Å². The van der Waals surface area contributed by atoms with Gasteiger partial charge >= 0.3 is 0 Å². The Morgan fingerprint density at radius 3 is 1.34 bits per heavy atom. The lowest BCUT2D eigenvalue weighted by Gasteiger charge is -2.48. The highest BCUT2D eigenvalue weighted by Crippen LogP contribution is 2.33. The zero-order valence-electron chi connectivity index (χ0n) is 49.9. The number of ether oxygens (including phenoxy) is 6. The molecule has 0 saturated carbocycles. The monoisotopic (exact) mass is 1180 g/mol. The van der Waals surface area contributed by atoms with Crippen LogP contribution in [0.3, 0.4) is 0 Å². The van der Waals surface area contributed by atoms with Crippen LogP contribution in [0.5, 0.6) is 0 Å². The summed E-state index contributed by atoms with van der Waals surface area (Å²) in [6, 6.07) is -0.990. The Kier molecular flexibility index (Phi) is 41.3. The van der Waals surface area contributed by atoms with Crippen LogP contribution in [-0.4, -0.2) is 193 Å². The number of carbonyl (C=O) groups excluding carboxylic acids is 1. The van der Waals surface area contributed by atoms with Crippen molar-refractivity contribution in [2.24, 2.45) is 0 Å². The Hall–Kier alpha value is -3.03. The first-order valence-corrected chi connectivity index (χ1v) is 31.3. The zero-order chi connectivity index (χ0) is 60.5. The molecule has 0 spiro atoms. The fourth-order valence-electron chi connectivity index (χ4n) is 10.1. The summed E-state index contributed by atoms with van der Waals surface area (Å²) in [4.78, 5) is 13.3. The largest absolute Gasteiger partial charge is 0.394 e. The van der Waals surface area contributed by atoms with Crippen LogP contribution in [0.4, 0.5) is 0 Å². The molecule has 17 atom stereocenters. The quantitative estimate of drug-likeness (QED) is 0.0233. The molecule has 19 heteroatoms. The van der Waals surface area contributed by atoms with Gasteiger partial charge in [0, 0.05) is 6.42 Å². The van der Waals surface area contributed by atoms with Crippen LogP contribution < -0.4 is 5.32 Å². The van der Waals surface area contributed by atoms with Crippen molar-refractivity contribution in [3.05, 3.63) is 85.1 Å². The Balaban J connectivity index is 1.34. The summed E-state index contributed by atoms with van der Waals surface area (Å²) in [6.07, 6.45) is 30.6. The van der Waals surface area contributed by atoms with Gasteiger partial charge in [0.25, 0.3) is 0 Å². The van der Waals surface area contributed by atoms with Crippen molar-refractivity contribution in [1.29, 1.82) is 0 Å². The smallest absolute Gasteiger partial charge is 0.220 e. The van der Waals surface area contributed by atoms with Crippen LogP contribution in [0.15, 0.2) is 85.1 Å². The molecule has 0 aliphatic carbocycles. The van der Waals surface area contributed by atoms with E-state index in [1.807, 2.05) is 6.08 Å². The molecule has 0 aromatic carbocycles. The van der Waals surface area contributed by atoms with Gasteiger partial charge in [-0.25, -0.2) is 0 Å². The second-order valence-corrected chi connectivity index (χ2v) is 22.1. The summed E-state index contributed by atoms with van der Waals surface area (Å²) in [6.45, 7) is 1.45. The van der Waals surface area contributed by atoms with Gasteiger partial charge in [-0.2, -0.15) is 0 Å². The van der Waals surface area contributed by atoms with E-state index in [1.165, 1.54) is 77.0 Å². The number of aliphatic hydroxyl groups is 11. The molecule has 0 bridgehead atoms. The van der Waals surface area contributed by atoms with Gasteiger partial charge in [-0.05, 0) is 70.6 Å². The van der Waals surface area contributed by atoms with Gasteiger partial charge in [-0.3, -0.25) is 4.79 Å². The predicted octanol–water partition coefficient (Wildman–Crippen LogP) is 6.37. The van der Waals surface area contributed by atoms with Gasteiger partial charge in [-0.1, -0.05) is 189 Å². The van der Waals surface area contributed by atoms with Gasteiger partial charge in [0.05, 0.1) is 38.6 Å². The first-order chi connectivity index (χ1) is 40.3. The van der Waals surface area contributed by atoms with Gasteiger partial charge in [0.15, 0.2) is 18.9 Å². The van der Waals surface area contributed by atoms with E-state index in [0.717, 1.165) is 70.6 Å². The molecule has 0 aromatic rings. The summed E-state index contributed by atoms with van der Waals surface area (Å²) in [5.41, 5.74) is 0. The molecule has 3 saturated heterocycles. The van der Waals surface area contributed by atoms with Crippen molar-refractivity contribution in [3.8, 4) is 0 Å². The van der Waals surface area contributed by atoms with Crippen molar-refractivity contribution in [2.75, 3.05) is 26.4 Å². The van der Waals surface area contributed by atoms with E-state index in [1.54, 1.807) is 6.08 Å². The second kappa shape index (κ2) is 46.2. The molecule has 3 fully saturated rings. The Bertz CT molecular complexity index is 1840. The van der Waals surface area contributed by atoms with E-state index >= 15 is 0 Å². The summed E-state index contributed by atoms with van der Waals surface area (Å²) in [7, 11) is 0. The highest BCUT2D eigenvalue weighted by Gasteiger charge is 2.53. The molecule has 12 N–H and O–H groups in total. The number of nitrogens with one attached hydrogen (secondary N) is 1. The van der Waals surface area contributed by atoms with Crippen LogP contribution in [0.25, 0.3) is 0 Å². The van der Waals surface area contributed by atoms with E-state index in [-0.39, 0.29) is 18.9 Å². The minimum Gasteiger partial charge on any atom is -0.394 e. The highest BCUT2D eigenvalue weighted by molar-refractivity contribution is 5.76. The minimum atomic E-state index is -1.98. The van der Waals surface area contributed by atoms with Gasteiger partial charge in [-0.15, -0.1) is 0 Å². The van der Waals surface area contributed by atoms with Gasteiger partial charge in [0.2, 0.25) is 5.91 Å². The molecule has 0 aromatic heterocycles. The highest BCUT2D eigenvalue weighted by atomic mass is 16.8. The van der Waals surface area contributed by atoms with E-state index in [2.05, 4.69) is 92.1 Å². The third-order valence-electron chi connectivity index (χ3n) is 15.2. The average Bonchev–Trinajstić information content (AvgIpc) is 3.69. The van der Waals surface area contributed by atoms with E-state index in [4.69, 9.17) is 28.4 Å². The number of hydrogen-bond donors (Lipinski definition) is 12. The normalized spacial score (nSPS) is 30.0. The molecule has 3 heterocycles. The molecule has 478 valence electrons. The fraction of sp³-hybridized carbons (Fsp3) is 0.766. The Morgan fingerprint density at radius 2 is 0.843 bits per heavy atom. The number of carbonyl (C=O) groups is 1. The number of allylic oxidation sites excluding steroid dienone is 13. The minimum absolute atomic E-state index is 0.230. The summed E-state index contributed by atoms with van der Waals surface area (Å²) in [5.74, 6) is -0.294. The molecule has 3 aliphatic rings. The lowest BCUT2D eigenvalue weighted by atomic mass is 9.96. The first-order valence-electron chi connectivity index (χ1n) is 31.3. The van der Waals surface area contributed by atoms with Gasteiger partial charge in [0.1, 0.15) is 73.2 Å². The zero-order valence-corrected chi connectivity index (χ0v) is 49.9. The lowest BCUT2D eigenvalue weighted by molar-refractivity contribution is -0.379. The number of hydrogen-bond acceptors (Lipinski definition) is 18. The third kappa shape index (κ3) is 29.5. The number of rotatable bonds is 45. The number of amides is 1. The number of unbranched alkanes of at least 4 members (excludes halogenated alkanes) is 17. The van der Waals surface area contributed by atoms with Crippen LogP contribution >= 0.6 is 0 Å². The summed E-state index contributed by atoms with van der Waals surface area (Å²) in [5, 5.41) is 120. The van der Waals surface area contributed by atoms with Gasteiger partial charge < -0.3 is 89.9 Å². The van der Waals surface area contributed by atoms with Crippen molar-refractivity contribution < 1.29 is 89.4 Å². The van der Waals surface area contributed by atoms with E-state index in [9.17, 15) is 61.0 Å². The fourth-order valence-corrected chi connectivity index (χ4v) is 10.1. The van der Waals surface area contributed by atoms with Crippen LogP contribution in [0.1, 0.15) is 181 Å². The maximum absolute atomic E-state index is 13.3. The van der Waals surface area contributed by atoms with Crippen molar-refractivity contribution in [3.63, 3.8) is 0 Å². The molecule has 0 radical (unpaired) electrons. The molecular formula is C64H109NO18. The van der Waals surface area contributed by atoms with Crippen molar-refractivity contribution in [2.45, 2.75) is 285 Å². The standard InChI is InChI=1S/C64H109NO18/c1-3-5-7-9-11-12-13-14-15-16-17-18-19-20-21-22-23-24-25-26-27-28-29-30-31-32-33-34-36-38-40-42-52(70)65-47(48(69)41-39-37-35-10-8-6-4-2)46-78-62-58(76)55(73)60(50(44-67)80-62)83-64-59(77)56(74)61(51(45-68)81-64)82-63-57(75)54(72)53(71)49(43-66)79-63/h5,7-8,10-12,14-15,17-18,20-21,39,41,47-51,53-64,66-69,71-77H,3-4,6,9,13,16,19,22-38,40,42-46H2,1-2H3,(H,65,70)/b7-5-,10-8+,12-11-,15-14-,18-17-,21-20-,41-39+. The first kappa shape index (κ1) is 74.2. The van der Waals surface area contributed by atoms with Crippen LogP contribution in [0.2, 0.25) is 0 Å². The van der Waals surface area contributed by atoms with Crippen molar-refractivity contribution >= 4 is 5.91 Å². The molecule has 3 aliphatic heterocycles.